The lowest BCUT2D eigenvalue weighted by molar-refractivity contribution is 0.1000. The molecule has 0 spiro atoms. The van der Waals surface area contributed by atoms with Crippen molar-refractivity contribution in [2.45, 2.75) is 0 Å². The van der Waals surface area contributed by atoms with E-state index in [1.807, 2.05) is 0 Å². The molecule has 0 aliphatic heterocycles. The molecule has 58 valence electrons. The van der Waals surface area contributed by atoms with Crippen LogP contribution in [-0.2, 0) is 0 Å². The van der Waals surface area contributed by atoms with Gasteiger partial charge in [-0.25, -0.2) is 0 Å². The molecule has 0 atom stereocenters. The van der Waals surface area contributed by atoms with Gasteiger partial charge in [-0.05, 0) is 12.1 Å². The van der Waals surface area contributed by atoms with Crippen LogP contribution in [0.25, 0.3) is 0 Å². The summed E-state index contributed by atoms with van der Waals surface area (Å²) in [6.07, 6.45) is 0. The van der Waals surface area contributed by atoms with Gasteiger partial charge in [0.2, 0.25) is 5.91 Å². The predicted molar refractivity (Wildman–Crippen MR) is 41.6 cm³/mol. The Morgan fingerprint density at radius 1 is 1.55 bits per heavy atom. The maximum atomic E-state index is 10.6. The zero-order valence-corrected chi connectivity index (χ0v) is 6.30. The minimum absolute atomic E-state index is 0.000000000000000444. The summed E-state index contributed by atoms with van der Waals surface area (Å²) >= 11 is 5.54. The van der Waals surface area contributed by atoms with Crippen molar-refractivity contribution in [1.29, 1.82) is 0 Å². The molecule has 0 saturated heterocycles. The lowest BCUT2D eigenvalue weighted by atomic mass is 10.2. The van der Waals surface area contributed by atoms with E-state index in [2.05, 4.69) is 0 Å². The Morgan fingerprint density at radius 2 is 2.18 bits per heavy atom. The smallest absolute Gasteiger partial charge is 0.250 e. The van der Waals surface area contributed by atoms with Gasteiger partial charge in [0, 0.05) is 0 Å². The SMILES string of the molecule is NC(=O)c1cccc(O)c1Cl. The number of primary amides is 1. The molecule has 0 aromatic heterocycles. The summed E-state index contributed by atoms with van der Waals surface area (Å²) in [5.74, 6) is -0.783. The third kappa shape index (κ3) is 1.43. The lowest BCUT2D eigenvalue weighted by Crippen LogP contribution is -2.11. The number of nitrogens with two attached hydrogens (primary N) is 1. The van der Waals surface area contributed by atoms with Crippen molar-refractivity contribution >= 4 is 17.5 Å². The largest absolute Gasteiger partial charge is 0.506 e. The summed E-state index contributed by atoms with van der Waals surface area (Å²) < 4.78 is 0. The minimum Gasteiger partial charge on any atom is -0.506 e. The van der Waals surface area contributed by atoms with Crippen LogP contribution in [0, 0.1) is 0 Å². The van der Waals surface area contributed by atoms with Gasteiger partial charge in [0.05, 0.1) is 10.6 Å². The fraction of sp³-hybridized carbons (Fsp3) is 0. The maximum absolute atomic E-state index is 10.6. The molecule has 11 heavy (non-hydrogen) atoms. The van der Waals surface area contributed by atoms with E-state index in [4.69, 9.17) is 22.4 Å². The highest BCUT2D eigenvalue weighted by Crippen LogP contribution is 2.25. The Labute approximate surface area is 68.4 Å². The number of carbonyl (C=O) groups is 1. The second kappa shape index (κ2) is 2.80. The van der Waals surface area contributed by atoms with Gasteiger partial charge in [0.25, 0.3) is 0 Å². The first-order valence-electron chi connectivity index (χ1n) is 2.90. The highest BCUT2D eigenvalue weighted by atomic mass is 35.5. The van der Waals surface area contributed by atoms with Gasteiger partial charge in [-0.15, -0.1) is 0 Å². The number of hydrogen-bond donors (Lipinski definition) is 2. The standard InChI is InChI=1S/C7H6ClNO2/c8-6-4(7(9)11)2-1-3-5(6)10/h1-3,10H,(H2,9,11). The highest BCUT2D eigenvalue weighted by Gasteiger charge is 2.08. The number of amides is 1. The molecule has 0 bridgehead atoms. The molecule has 0 aliphatic carbocycles. The number of rotatable bonds is 1. The van der Waals surface area contributed by atoms with E-state index < -0.39 is 5.91 Å². The Bertz CT molecular complexity index is 298. The number of halogens is 1. The van der Waals surface area contributed by atoms with Gasteiger partial charge in [-0.3, -0.25) is 4.79 Å². The van der Waals surface area contributed by atoms with Gasteiger partial charge < -0.3 is 10.8 Å². The zero-order valence-electron chi connectivity index (χ0n) is 5.54. The number of hydrogen-bond acceptors (Lipinski definition) is 2. The van der Waals surface area contributed by atoms with Gasteiger partial charge in [0.1, 0.15) is 5.75 Å². The van der Waals surface area contributed by atoms with Crippen LogP contribution in [0.5, 0.6) is 5.75 Å². The van der Waals surface area contributed by atoms with E-state index in [1.54, 1.807) is 0 Å². The number of phenolic OH excluding ortho intramolecular Hbond substituents is 1. The van der Waals surface area contributed by atoms with E-state index in [0.29, 0.717) is 0 Å². The van der Waals surface area contributed by atoms with E-state index in [1.165, 1.54) is 18.2 Å². The Kier molecular flexibility index (Phi) is 2.01. The Morgan fingerprint density at radius 3 is 2.64 bits per heavy atom. The van der Waals surface area contributed by atoms with E-state index in [0.717, 1.165) is 0 Å². The van der Waals surface area contributed by atoms with Crippen LogP contribution >= 0.6 is 11.6 Å². The summed E-state index contributed by atoms with van der Waals surface area (Å²) in [4.78, 5) is 10.6. The first kappa shape index (κ1) is 7.88. The molecule has 3 N–H and O–H groups in total. The van der Waals surface area contributed by atoms with Crippen molar-refractivity contribution in [2.24, 2.45) is 5.73 Å². The van der Waals surface area contributed by atoms with Crippen molar-refractivity contribution < 1.29 is 9.90 Å². The second-order valence-electron chi connectivity index (χ2n) is 2.00. The lowest BCUT2D eigenvalue weighted by Gasteiger charge is -1.99. The van der Waals surface area contributed by atoms with Crippen molar-refractivity contribution in [1.82, 2.24) is 0 Å². The average molecular weight is 172 g/mol. The van der Waals surface area contributed by atoms with Gasteiger partial charge in [-0.1, -0.05) is 17.7 Å². The minimum atomic E-state index is -0.647. The van der Waals surface area contributed by atoms with E-state index >= 15 is 0 Å². The molecule has 0 aliphatic rings. The summed E-state index contributed by atoms with van der Waals surface area (Å²) in [6.45, 7) is 0. The molecule has 4 heteroatoms. The number of phenols is 1. The molecule has 1 amide bonds. The molecule has 3 nitrogen and oxygen atoms in total. The van der Waals surface area contributed by atoms with Crippen LogP contribution in [0.1, 0.15) is 10.4 Å². The fourth-order valence-electron chi connectivity index (χ4n) is 0.710. The van der Waals surface area contributed by atoms with Crippen LogP contribution in [0.4, 0.5) is 0 Å². The molecule has 0 radical (unpaired) electrons. The third-order valence-electron chi connectivity index (χ3n) is 1.24. The monoisotopic (exact) mass is 171 g/mol. The van der Waals surface area contributed by atoms with Crippen molar-refractivity contribution in [3.8, 4) is 5.75 Å². The topological polar surface area (TPSA) is 63.3 Å². The van der Waals surface area contributed by atoms with Crippen LogP contribution < -0.4 is 5.73 Å². The normalized spacial score (nSPS) is 9.55. The van der Waals surface area contributed by atoms with Crippen LogP contribution in [0.3, 0.4) is 0 Å². The van der Waals surface area contributed by atoms with E-state index in [-0.39, 0.29) is 16.3 Å². The maximum Gasteiger partial charge on any atom is 0.250 e. The molecule has 1 aromatic carbocycles. The van der Waals surface area contributed by atoms with Crippen molar-refractivity contribution in [2.75, 3.05) is 0 Å². The molecular formula is C7H6ClNO2. The van der Waals surface area contributed by atoms with Crippen LogP contribution in [-0.4, -0.2) is 11.0 Å². The Balaban J connectivity index is 3.27. The van der Waals surface area contributed by atoms with E-state index in [9.17, 15) is 4.79 Å². The average Bonchev–Trinajstić information content (AvgIpc) is 1.94. The number of aromatic hydroxyl groups is 1. The molecule has 0 heterocycles. The summed E-state index contributed by atoms with van der Waals surface area (Å²) in [6, 6.07) is 4.33. The molecule has 1 aromatic rings. The second-order valence-corrected chi connectivity index (χ2v) is 2.38. The van der Waals surface area contributed by atoms with Crippen molar-refractivity contribution in [3.63, 3.8) is 0 Å². The predicted octanol–water partition coefficient (Wildman–Crippen LogP) is 1.14. The van der Waals surface area contributed by atoms with Gasteiger partial charge in [-0.2, -0.15) is 0 Å². The molecule has 1 rings (SSSR count). The summed E-state index contributed by atoms with van der Waals surface area (Å²) in [7, 11) is 0. The molecule has 0 fully saturated rings. The molecule has 0 unspecified atom stereocenters. The first-order valence-corrected chi connectivity index (χ1v) is 3.28. The van der Waals surface area contributed by atoms with Crippen molar-refractivity contribution in [3.05, 3.63) is 28.8 Å². The number of benzene rings is 1. The Hall–Kier alpha value is -1.22. The van der Waals surface area contributed by atoms with Crippen LogP contribution in [0.15, 0.2) is 18.2 Å². The fourth-order valence-corrected chi connectivity index (χ4v) is 0.929. The van der Waals surface area contributed by atoms with Crippen LogP contribution in [0.2, 0.25) is 5.02 Å². The molecular weight excluding hydrogens is 166 g/mol. The quantitative estimate of drug-likeness (QED) is 0.666. The zero-order chi connectivity index (χ0) is 8.43. The first-order chi connectivity index (χ1) is 5.13. The van der Waals surface area contributed by atoms with Gasteiger partial charge in [0.15, 0.2) is 0 Å². The number of carbonyl (C=O) groups excluding carboxylic acids is 1. The third-order valence-corrected chi connectivity index (χ3v) is 1.64. The highest BCUT2D eigenvalue weighted by molar-refractivity contribution is 6.35. The summed E-state index contributed by atoms with van der Waals surface area (Å²) in [5, 5.41) is 9.01. The molecule has 0 saturated carbocycles. The van der Waals surface area contributed by atoms with Gasteiger partial charge >= 0.3 is 0 Å². The summed E-state index contributed by atoms with van der Waals surface area (Å²) in [5.41, 5.74) is 5.08.